The Hall–Kier alpha value is -1.58. The van der Waals surface area contributed by atoms with E-state index >= 15 is 0 Å². The molecule has 1 aromatic rings. The summed E-state index contributed by atoms with van der Waals surface area (Å²) in [7, 11) is 0. The van der Waals surface area contributed by atoms with E-state index in [1.807, 2.05) is 13.0 Å². The van der Waals surface area contributed by atoms with Gasteiger partial charge in [-0.1, -0.05) is 6.92 Å². The fourth-order valence-corrected chi connectivity index (χ4v) is 2.08. The number of carbonyl (C=O) groups is 1. The lowest BCUT2D eigenvalue weighted by molar-refractivity contribution is -0.120. The zero-order chi connectivity index (χ0) is 11.1. The Morgan fingerprint density at radius 1 is 1.60 bits per heavy atom. The van der Waals surface area contributed by atoms with Crippen molar-refractivity contribution in [3.63, 3.8) is 0 Å². The highest BCUT2D eigenvalue weighted by Crippen LogP contribution is 2.47. The molecule has 0 spiro atoms. The Morgan fingerprint density at radius 3 is 2.73 bits per heavy atom. The number of pyridine rings is 1. The second-order valence-corrected chi connectivity index (χ2v) is 4.01. The van der Waals surface area contributed by atoms with Gasteiger partial charge < -0.3 is 10.7 Å². The number of amides is 1. The molecule has 1 aliphatic carbocycles. The number of aromatic nitrogens is 1. The lowest BCUT2D eigenvalue weighted by atomic mass is 9.91. The number of nitrogens with one attached hydrogen (secondary N) is 1. The predicted octanol–water partition coefficient (Wildman–Crippen LogP) is 0.454. The van der Waals surface area contributed by atoms with Gasteiger partial charge in [0, 0.05) is 11.8 Å². The normalized spacial score (nSPS) is 17.4. The molecule has 1 aliphatic rings. The largest absolute Gasteiger partial charge is 0.369 e. The first kappa shape index (κ1) is 9.96. The van der Waals surface area contributed by atoms with Crippen molar-refractivity contribution in [2.45, 2.75) is 31.6 Å². The number of rotatable bonds is 3. The zero-order valence-electron chi connectivity index (χ0n) is 8.67. The van der Waals surface area contributed by atoms with Crippen molar-refractivity contribution in [3.8, 4) is 0 Å². The molecule has 1 heterocycles. The number of H-pyrrole nitrogens is 1. The van der Waals surface area contributed by atoms with E-state index in [0.29, 0.717) is 18.4 Å². The Bertz CT molecular complexity index is 458. The molecule has 4 heteroatoms. The van der Waals surface area contributed by atoms with Gasteiger partial charge >= 0.3 is 0 Å². The molecule has 0 atom stereocenters. The molecule has 0 unspecified atom stereocenters. The van der Waals surface area contributed by atoms with E-state index in [4.69, 9.17) is 5.73 Å². The summed E-state index contributed by atoms with van der Waals surface area (Å²) in [6.45, 7) is 1.97. The van der Waals surface area contributed by atoms with Crippen LogP contribution in [0.3, 0.4) is 0 Å². The highest BCUT2D eigenvalue weighted by atomic mass is 16.1. The van der Waals surface area contributed by atoms with Gasteiger partial charge in [-0.05, 0) is 30.9 Å². The van der Waals surface area contributed by atoms with Crippen LogP contribution in [0.1, 0.15) is 30.9 Å². The summed E-state index contributed by atoms with van der Waals surface area (Å²) in [5, 5.41) is 0. The number of aryl methyl sites for hydroxylation is 1. The van der Waals surface area contributed by atoms with Crippen LogP contribution in [0.4, 0.5) is 0 Å². The van der Waals surface area contributed by atoms with Crippen LogP contribution in [0.5, 0.6) is 0 Å². The molecule has 4 nitrogen and oxygen atoms in total. The minimum atomic E-state index is -0.680. The molecule has 1 saturated carbocycles. The van der Waals surface area contributed by atoms with E-state index in [-0.39, 0.29) is 11.5 Å². The Kier molecular flexibility index (Phi) is 2.14. The lowest BCUT2D eigenvalue weighted by Gasteiger charge is -2.13. The standard InChI is InChI=1S/C11H14N2O2/c1-2-7-3-6-13-9(14)8(7)11(4-5-11)10(12)15/h3,6H,2,4-5H2,1H3,(H2,12,15)(H,13,14). The average molecular weight is 206 g/mol. The number of hydrogen-bond acceptors (Lipinski definition) is 2. The third kappa shape index (κ3) is 1.37. The van der Waals surface area contributed by atoms with Gasteiger partial charge in [0.05, 0.1) is 5.41 Å². The molecule has 0 radical (unpaired) electrons. The van der Waals surface area contributed by atoms with Gasteiger partial charge in [-0.25, -0.2) is 0 Å². The monoisotopic (exact) mass is 206 g/mol. The van der Waals surface area contributed by atoms with E-state index in [9.17, 15) is 9.59 Å². The predicted molar refractivity (Wildman–Crippen MR) is 56.5 cm³/mol. The molecule has 2 rings (SSSR count). The van der Waals surface area contributed by atoms with Gasteiger partial charge in [0.1, 0.15) is 0 Å². The molecule has 0 aliphatic heterocycles. The van der Waals surface area contributed by atoms with Gasteiger partial charge in [-0.15, -0.1) is 0 Å². The molecule has 1 amide bonds. The van der Waals surface area contributed by atoms with E-state index in [1.54, 1.807) is 6.20 Å². The average Bonchev–Trinajstić information content (AvgIpc) is 2.98. The number of primary amides is 1. The highest BCUT2D eigenvalue weighted by Gasteiger charge is 2.52. The van der Waals surface area contributed by atoms with Gasteiger partial charge in [0.2, 0.25) is 5.91 Å². The minimum absolute atomic E-state index is 0.175. The molecular weight excluding hydrogens is 192 g/mol. The third-order valence-electron chi connectivity index (χ3n) is 3.13. The second-order valence-electron chi connectivity index (χ2n) is 4.01. The van der Waals surface area contributed by atoms with E-state index in [2.05, 4.69) is 4.98 Å². The van der Waals surface area contributed by atoms with Crippen LogP contribution in [0.25, 0.3) is 0 Å². The summed E-state index contributed by atoms with van der Waals surface area (Å²) in [6, 6.07) is 1.85. The lowest BCUT2D eigenvalue weighted by Crippen LogP contribution is -2.34. The maximum absolute atomic E-state index is 11.7. The van der Waals surface area contributed by atoms with Gasteiger partial charge in [-0.2, -0.15) is 0 Å². The van der Waals surface area contributed by atoms with Gasteiger partial charge in [0.15, 0.2) is 0 Å². The summed E-state index contributed by atoms with van der Waals surface area (Å²) in [4.78, 5) is 25.7. The molecule has 80 valence electrons. The van der Waals surface area contributed by atoms with E-state index < -0.39 is 5.41 Å². The second kappa shape index (κ2) is 3.22. The first-order chi connectivity index (χ1) is 7.12. The molecule has 3 N–H and O–H groups in total. The van der Waals surface area contributed by atoms with Crippen molar-refractivity contribution in [1.82, 2.24) is 4.98 Å². The summed E-state index contributed by atoms with van der Waals surface area (Å²) in [5.74, 6) is -0.381. The van der Waals surface area contributed by atoms with Crippen molar-refractivity contribution in [1.29, 1.82) is 0 Å². The molecular formula is C11H14N2O2. The van der Waals surface area contributed by atoms with Crippen LogP contribution in [0.15, 0.2) is 17.1 Å². The van der Waals surface area contributed by atoms with Crippen molar-refractivity contribution in [3.05, 3.63) is 33.7 Å². The molecule has 15 heavy (non-hydrogen) atoms. The van der Waals surface area contributed by atoms with Crippen LogP contribution in [-0.2, 0) is 16.6 Å². The topological polar surface area (TPSA) is 75.9 Å². The maximum atomic E-state index is 11.7. The molecule has 0 aromatic carbocycles. The Labute approximate surface area is 87.5 Å². The molecule has 1 fully saturated rings. The molecule has 0 bridgehead atoms. The summed E-state index contributed by atoms with van der Waals surface area (Å²) < 4.78 is 0. The SMILES string of the molecule is CCc1cc[nH]c(=O)c1C1(C(N)=O)CC1. The highest BCUT2D eigenvalue weighted by molar-refractivity contribution is 5.90. The summed E-state index contributed by atoms with van der Waals surface area (Å²) in [5.41, 5.74) is 6.02. The van der Waals surface area contributed by atoms with E-state index in [0.717, 1.165) is 12.0 Å². The van der Waals surface area contributed by atoms with Crippen LogP contribution in [0, 0.1) is 0 Å². The van der Waals surface area contributed by atoms with Crippen LogP contribution >= 0.6 is 0 Å². The maximum Gasteiger partial charge on any atom is 0.252 e. The Morgan fingerprint density at radius 2 is 2.27 bits per heavy atom. The Balaban J connectivity index is 2.62. The van der Waals surface area contributed by atoms with Crippen molar-refractivity contribution >= 4 is 5.91 Å². The fraction of sp³-hybridized carbons (Fsp3) is 0.455. The van der Waals surface area contributed by atoms with Crippen molar-refractivity contribution in [2.75, 3.05) is 0 Å². The number of aromatic amines is 1. The summed E-state index contributed by atoms with van der Waals surface area (Å²) >= 11 is 0. The molecule has 0 saturated heterocycles. The number of carbonyl (C=O) groups excluding carboxylic acids is 1. The smallest absolute Gasteiger partial charge is 0.252 e. The van der Waals surface area contributed by atoms with Crippen molar-refractivity contribution < 1.29 is 4.79 Å². The first-order valence-corrected chi connectivity index (χ1v) is 5.13. The van der Waals surface area contributed by atoms with Crippen LogP contribution < -0.4 is 11.3 Å². The molecule has 1 aromatic heterocycles. The first-order valence-electron chi connectivity index (χ1n) is 5.13. The van der Waals surface area contributed by atoms with Crippen LogP contribution in [-0.4, -0.2) is 10.9 Å². The van der Waals surface area contributed by atoms with E-state index in [1.165, 1.54) is 0 Å². The van der Waals surface area contributed by atoms with Crippen LogP contribution in [0.2, 0.25) is 0 Å². The summed E-state index contributed by atoms with van der Waals surface area (Å²) in [6.07, 6.45) is 3.75. The zero-order valence-corrected chi connectivity index (χ0v) is 8.67. The van der Waals surface area contributed by atoms with Gasteiger partial charge in [0.25, 0.3) is 5.56 Å². The van der Waals surface area contributed by atoms with Gasteiger partial charge in [-0.3, -0.25) is 9.59 Å². The van der Waals surface area contributed by atoms with Crippen molar-refractivity contribution in [2.24, 2.45) is 5.73 Å². The number of hydrogen-bond donors (Lipinski definition) is 2. The fourth-order valence-electron chi connectivity index (χ4n) is 2.08. The minimum Gasteiger partial charge on any atom is -0.369 e. The number of nitrogens with two attached hydrogens (primary N) is 1. The quantitative estimate of drug-likeness (QED) is 0.753. The third-order valence-corrected chi connectivity index (χ3v) is 3.13.